The van der Waals surface area contributed by atoms with Gasteiger partial charge in [0.05, 0.1) is 12.0 Å². The third-order valence-corrected chi connectivity index (χ3v) is 8.48. The molecule has 2 aromatic rings. The molecule has 0 radical (unpaired) electrons. The van der Waals surface area contributed by atoms with Gasteiger partial charge in [-0.05, 0) is 79.7 Å². The lowest BCUT2D eigenvalue weighted by molar-refractivity contribution is -0.146. The summed E-state index contributed by atoms with van der Waals surface area (Å²) in [5.74, 6) is -0.535. The molecule has 2 unspecified atom stereocenters. The SMILES string of the molecule is CC1CCC(Oc2ccc3c(CN4C5CCCC4CC(C(=O)O)C5)cccc3c2C(F)(F)F)CC1. The Balaban J connectivity index is 1.46. The molecule has 1 N–H and O–H groups in total. The summed E-state index contributed by atoms with van der Waals surface area (Å²) in [7, 11) is 0. The van der Waals surface area contributed by atoms with Gasteiger partial charge in [0.2, 0.25) is 0 Å². The topological polar surface area (TPSA) is 49.8 Å². The molecule has 1 aliphatic carbocycles. The number of fused-ring (bicyclic) bond motifs is 3. The van der Waals surface area contributed by atoms with E-state index in [0.29, 0.717) is 30.7 Å². The molecule has 2 heterocycles. The van der Waals surface area contributed by atoms with Crippen LogP contribution in [0, 0.1) is 11.8 Å². The van der Waals surface area contributed by atoms with E-state index in [1.54, 1.807) is 18.2 Å². The van der Waals surface area contributed by atoms with Gasteiger partial charge in [0.25, 0.3) is 0 Å². The van der Waals surface area contributed by atoms with Gasteiger partial charge in [-0.25, -0.2) is 0 Å². The Morgan fingerprint density at radius 1 is 1.00 bits per heavy atom. The smallest absolute Gasteiger partial charge is 0.420 e. The first-order valence-corrected chi connectivity index (χ1v) is 13.0. The summed E-state index contributed by atoms with van der Waals surface area (Å²) >= 11 is 0. The van der Waals surface area contributed by atoms with Crippen molar-refractivity contribution in [1.82, 2.24) is 4.90 Å². The molecule has 0 amide bonds. The number of carbonyl (C=O) groups is 1. The molecular weight excluding hydrogens is 455 g/mol. The van der Waals surface area contributed by atoms with Crippen LogP contribution in [-0.2, 0) is 17.5 Å². The summed E-state index contributed by atoms with van der Waals surface area (Å²) in [4.78, 5) is 14.0. The first kappa shape index (κ1) is 24.4. The maximum atomic E-state index is 14.3. The number of nitrogens with zero attached hydrogens (tertiary/aromatic N) is 1. The van der Waals surface area contributed by atoms with E-state index in [0.717, 1.165) is 50.5 Å². The van der Waals surface area contributed by atoms with E-state index in [1.807, 2.05) is 6.07 Å². The number of hydrogen-bond acceptors (Lipinski definition) is 3. The van der Waals surface area contributed by atoms with Crippen molar-refractivity contribution in [1.29, 1.82) is 0 Å². The Hall–Kier alpha value is -2.28. The molecule has 2 bridgehead atoms. The van der Waals surface area contributed by atoms with Crippen molar-refractivity contribution >= 4 is 16.7 Å². The molecule has 4 nitrogen and oxygen atoms in total. The second kappa shape index (κ2) is 9.64. The quantitative estimate of drug-likeness (QED) is 0.490. The number of rotatable bonds is 5. The summed E-state index contributed by atoms with van der Waals surface area (Å²) in [5.41, 5.74) is 0.178. The molecule has 2 saturated heterocycles. The van der Waals surface area contributed by atoms with Crippen molar-refractivity contribution in [3.05, 3.63) is 41.5 Å². The number of aliphatic carboxylic acids is 1. The second-order valence-electron chi connectivity index (χ2n) is 10.9. The lowest BCUT2D eigenvalue weighted by Crippen LogP contribution is -2.52. The van der Waals surface area contributed by atoms with Crippen LogP contribution in [0.25, 0.3) is 10.8 Å². The minimum Gasteiger partial charge on any atom is -0.490 e. The van der Waals surface area contributed by atoms with Gasteiger partial charge >= 0.3 is 12.1 Å². The highest BCUT2D eigenvalue weighted by atomic mass is 19.4. The molecule has 35 heavy (non-hydrogen) atoms. The number of benzene rings is 2. The first-order valence-electron chi connectivity index (χ1n) is 13.0. The Labute approximate surface area is 204 Å². The van der Waals surface area contributed by atoms with E-state index < -0.39 is 17.7 Å². The normalized spacial score (nSPS) is 29.8. The molecule has 7 heteroatoms. The number of halogens is 3. The lowest BCUT2D eigenvalue weighted by Gasteiger charge is -2.48. The van der Waals surface area contributed by atoms with Crippen molar-refractivity contribution in [3.8, 4) is 5.75 Å². The van der Waals surface area contributed by atoms with E-state index in [9.17, 15) is 23.1 Å². The van der Waals surface area contributed by atoms with Gasteiger partial charge in [-0.2, -0.15) is 13.2 Å². The number of carboxylic acids is 1. The van der Waals surface area contributed by atoms with Crippen LogP contribution in [0.4, 0.5) is 13.2 Å². The average Bonchev–Trinajstić information content (AvgIpc) is 2.79. The monoisotopic (exact) mass is 489 g/mol. The minimum absolute atomic E-state index is 0.0687. The van der Waals surface area contributed by atoms with E-state index in [4.69, 9.17) is 4.74 Å². The molecule has 2 aromatic carbocycles. The van der Waals surface area contributed by atoms with Crippen LogP contribution >= 0.6 is 0 Å². The zero-order valence-electron chi connectivity index (χ0n) is 20.2. The Morgan fingerprint density at radius 2 is 1.69 bits per heavy atom. The third kappa shape index (κ3) is 5.02. The minimum atomic E-state index is -4.52. The van der Waals surface area contributed by atoms with Crippen molar-refractivity contribution in [2.24, 2.45) is 11.8 Å². The van der Waals surface area contributed by atoms with E-state index in [2.05, 4.69) is 11.8 Å². The van der Waals surface area contributed by atoms with Crippen LogP contribution in [0.1, 0.15) is 75.8 Å². The molecule has 5 rings (SSSR count). The first-order chi connectivity index (χ1) is 16.7. The van der Waals surface area contributed by atoms with Crippen LogP contribution in [-0.4, -0.2) is 34.2 Å². The van der Waals surface area contributed by atoms with Gasteiger partial charge in [0.1, 0.15) is 11.3 Å². The molecule has 2 aliphatic heterocycles. The highest BCUT2D eigenvalue weighted by Crippen LogP contribution is 2.44. The fourth-order valence-electron chi connectivity index (χ4n) is 6.59. The zero-order chi connectivity index (χ0) is 24.7. The Kier molecular flexibility index (Phi) is 6.73. The van der Waals surface area contributed by atoms with Crippen LogP contribution < -0.4 is 4.74 Å². The van der Waals surface area contributed by atoms with Gasteiger partial charge in [0.15, 0.2) is 0 Å². The lowest BCUT2D eigenvalue weighted by atomic mass is 9.78. The molecule has 0 spiro atoms. The van der Waals surface area contributed by atoms with Crippen molar-refractivity contribution < 1.29 is 27.8 Å². The summed E-state index contributed by atoms with van der Waals surface area (Å²) in [6.45, 7) is 2.71. The standard InChI is InChI=1S/C28H34F3NO3/c1-17-8-10-22(11-9-17)35-25-13-12-23-18(4-2-7-24(23)26(25)28(29,30)31)16-32-20-5-3-6-21(32)15-19(14-20)27(33)34/h2,4,7,12-13,17,19-22H,3,5-6,8-11,14-16H2,1H3,(H,33,34). The van der Waals surface area contributed by atoms with Crippen LogP contribution in [0.5, 0.6) is 5.75 Å². The number of carboxylic acid groups (broad SMARTS) is 1. The molecule has 3 fully saturated rings. The van der Waals surface area contributed by atoms with Crippen LogP contribution in [0.2, 0.25) is 0 Å². The highest BCUT2D eigenvalue weighted by Gasteiger charge is 2.41. The van der Waals surface area contributed by atoms with Crippen LogP contribution in [0.3, 0.4) is 0 Å². The third-order valence-electron chi connectivity index (χ3n) is 8.48. The number of piperidine rings is 2. The average molecular weight is 490 g/mol. The maximum Gasteiger partial charge on any atom is 0.420 e. The molecule has 0 aromatic heterocycles. The van der Waals surface area contributed by atoms with Crippen molar-refractivity contribution in [2.45, 2.75) is 95.6 Å². The van der Waals surface area contributed by atoms with Crippen LogP contribution in [0.15, 0.2) is 30.3 Å². The molecule has 1 saturated carbocycles. The summed E-state index contributed by atoms with van der Waals surface area (Å²) in [6, 6.07) is 8.78. The predicted octanol–water partition coefficient (Wildman–Crippen LogP) is 7.03. The summed E-state index contributed by atoms with van der Waals surface area (Å²) in [6.07, 6.45) is 3.01. The second-order valence-corrected chi connectivity index (χ2v) is 10.9. The van der Waals surface area contributed by atoms with Gasteiger partial charge in [0, 0.05) is 18.6 Å². The molecule has 2 atom stereocenters. The molecule has 190 valence electrons. The largest absolute Gasteiger partial charge is 0.490 e. The number of ether oxygens (including phenoxy) is 1. The summed E-state index contributed by atoms with van der Waals surface area (Å²) in [5, 5.41) is 10.3. The number of hydrogen-bond donors (Lipinski definition) is 1. The Bertz CT molecular complexity index is 1060. The molecular formula is C28H34F3NO3. The number of alkyl halides is 3. The van der Waals surface area contributed by atoms with Gasteiger partial charge in [-0.1, -0.05) is 37.6 Å². The fourth-order valence-corrected chi connectivity index (χ4v) is 6.59. The van der Waals surface area contributed by atoms with Crippen molar-refractivity contribution in [2.75, 3.05) is 0 Å². The van der Waals surface area contributed by atoms with E-state index >= 15 is 0 Å². The Morgan fingerprint density at radius 3 is 2.31 bits per heavy atom. The van der Waals surface area contributed by atoms with E-state index in [-0.39, 0.29) is 35.2 Å². The highest BCUT2D eigenvalue weighted by molar-refractivity contribution is 5.91. The van der Waals surface area contributed by atoms with Gasteiger partial charge < -0.3 is 9.84 Å². The fraction of sp³-hybridized carbons (Fsp3) is 0.607. The van der Waals surface area contributed by atoms with Crippen molar-refractivity contribution in [3.63, 3.8) is 0 Å². The van der Waals surface area contributed by atoms with Gasteiger partial charge in [-0.15, -0.1) is 0 Å². The molecule has 3 aliphatic rings. The van der Waals surface area contributed by atoms with E-state index in [1.165, 1.54) is 6.07 Å². The predicted molar refractivity (Wildman–Crippen MR) is 128 cm³/mol. The van der Waals surface area contributed by atoms with Gasteiger partial charge in [-0.3, -0.25) is 9.69 Å². The zero-order valence-corrected chi connectivity index (χ0v) is 20.2. The maximum absolute atomic E-state index is 14.3. The summed E-state index contributed by atoms with van der Waals surface area (Å²) < 4.78 is 49.0.